The van der Waals surface area contributed by atoms with Crippen LogP contribution in [0, 0.1) is 0 Å². The molecule has 102 valence electrons. The lowest BCUT2D eigenvalue weighted by molar-refractivity contribution is -0.166. The van der Waals surface area contributed by atoms with Crippen molar-refractivity contribution in [1.82, 2.24) is 9.80 Å². The van der Waals surface area contributed by atoms with Gasteiger partial charge in [0.25, 0.3) is 0 Å². The van der Waals surface area contributed by atoms with E-state index in [0.717, 1.165) is 19.3 Å². The van der Waals surface area contributed by atoms with Gasteiger partial charge in [-0.1, -0.05) is 0 Å². The minimum Gasteiger partial charge on any atom is -0.354 e. The summed E-state index contributed by atoms with van der Waals surface area (Å²) in [6.07, 6.45) is 2.29. The Morgan fingerprint density at radius 3 is 2.67 bits per heavy atom. The van der Waals surface area contributed by atoms with Crippen molar-refractivity contribution < 1.29 is 19.1 Å². The van der Waals surface area contributed by atoms with Gasteiger partial charge in [-0.2, -0.15) is 0 Å². The summed E-state index contributed by atoms with van der Waals surface area (Å²) in [6, 6.07) is -0.269. The van der Waals surface area contributed by atoms with E-state index in [1.807, 2.05) is 0 Å². The SMILES string of the molecule is COC(CN1CC(=O)N2CCCCC2C1=O)OC. The zero-order valence-corrected chi connectivity index (χ0v) is 10.9. The molecule has 0 aliphatic carbocycles. The second kappa shape index (κ2) is 5.67. The van der Waals surface area contributed by atoms with E-state index >= 15 is 0 Å². The number of hydrogen-bond donors (Lipinski definition) is 0. The molecule has 2 amide bonds. The number of amides is 2. The standard InChI is InChI=1S/C12H20N2O4/c1-17-11(18-2)8-13-7-10(15)14-6-4-3-5-9(14)12(13)16/h9,11H,3-8H2,1-2H3. The number of nitrogens with zero attached hydrogens (tertiary/aromatic N) is 2. The fourth-order valence-electron chi connectivity index (χ4n) is 2.61. The lowest BCUT2D eigenvalue weighted by Crippen LogP contribution is -2.62. The largest absolute Gasteiger partial charge is 0.354 e. The van der Waals surface area contributed by atoms with Crippen LogP contribution in [0.2, 0.25) is 0 Å². The van der Waals surface area contributed by atoms with Gasteiger partial charge in [0.1, 0.15) is 12.6 Å². The Hall–Kier alpha value is -1.14. The van der Waals surface area contributed by atoms with Gasteiger partial charge in [0, 0.05) is 20.8 Å². The predicted molar refractivity (Wildman–Crippen MR) is 63.7 cm³/mol. The third-order valence-electron chi connectivity index (χ3n) is 3.64. The summed E-state index contributed by atoms with van der Waals surface area (Å²) in [6.45, 7) is 1.15. The first-order valence-electron chi connectivity index (χ1n) is 6.31. The topological polar surface area (TPSA) is 59.1 Å². The molecule has 0 spiro atoms. The van der Waals surface area contributed by atoms with Crippen molar-refractivity contribution in [2.45, 2.75) is 31.6 Å². The van der Waals surface area contributed by atoms with Gasteiger partial charge >= 0.3 is 0 Å². The number of rotatable bonds is 4. The molecule has 1 unspecified atom stereocenters. The number of fused-ring (bicyclic) bond motifs is 1. The van der Waals surface area contributed by atoms with Crippen LogP contribution in [-0.4, -0.2) is 67.8 Å². The van der Waals surface area contributed by atoms with Crippen LogP contribution in [0.25, 0.3) is 0 Å². The lowest BCUT2D eigenvalue weighted by Gasteiger charge is -2.43. The van der Waals surface area contributed by atoms with E-state index in [1.165, 1.54) is 14.2 Å². The van der Waals surface area contributed by atoms with E-state index in [-0.39, 0.29) is 24.4 Å². The zero-order chi connectivity index (χ0) is 13.1. The van der Waals surface area contributed by atoms with E-state index < -0.39 is 6.29 Å². The van der Waals surface area contributed by atoms with Crippen molar-refractivity contribution in [1.29, 1.82) is 0 Å². The van der Waals surface area contributed by atoms with Gasteiger partial charge in [-0.15, -0.1) is 0 Å². The molecule has 2 aliphatic rings. The first-order chi connectivity index (χ1) is 8.67. The average molecular weight is 256 g/mol. The molecule has 0 aromatic rings. The predicted octanol–water partition coefficient (Wildman–Crippen LogP) is -0.171. The summed E-state index contributed by atoms with van der Waals surface area (Å²) in [5.41, 5.74) is 0. The van der Waals surface area contributed by atoms with Crippen LogP contribution in [0.15, 0.2) is 0 Å². The van der Waals surface area contributed by atoms with E-state index in [1.54, 1.807) is 9.80 Å². The molecule has 0 saturated carbocycles. The number of carbonyl (C=O) groups excluding carboxylic acids is 2. The van der Waals surface area contributed by atoms with Crippen LogP contribution in [0.3, 0.4) is 0 Å². The summed E-state index contributed by atoms with van der Waals surface area (Å²) in [4.78, 5) is 27.6. The fourth-order valence-corrected chi connectivity index (χ4v) is 2.61. The van der Waals surface area contributed by atoms with Crippen molar-refractivity contribution in [3.05, 3.63) is 0 Å². The number of methoxy groups -OCH3 is 2. The smallest absolute Gasteiger partial charge is 0.246 e. The van der Waals surface area contributed by atoms with Crippen molar-refractivity contribution in [3.63, 3.8) is 0 Å². The number of piperidine rings is 1. The number of piperazine rings is 1. The molecule has 0 N–H and O–H groups in total. The summed E-state index contributed by atoms with van der Waals surface area (Å²) in [5, 5.41) is 0. The fraction of sp³-hybridized carbons (Fsp3) is 0.833. The van der Waals surface area contributed by atoms with Crippen LogP contribution in [0.4, 0.5) is 0 Å². The highest BCUT2D eigenvalue weighted by atomic mass is 16.7. The van der Waals surface area contributed by atoms with Gasteiger partial charge in [0.15, 0.2) is 6.29 Å². The summed E-state index contributed by atoms with van der Waals surface area (Å²) < 4.78 is 10.2. The van der Waals surface area contributed by atoms with E-state index in [0.29, 0.717) is 13.1 Å². The molecular formula is C12H20N2O4. The molecule has 2 heterocycles. The maximum Gasteiger partial charge on any atom is 0.246 e. The molecule has 0 aromatic carbocycles. The Balaban J connectivity index is 2.05. The van der Waals surface area contributed by atoms with Crippen molar-refractivity contribution in [3.8, 4) is 0 Å². The van der Waals surface area contributed by atoms with Crippen LogP contribution in [0.1, 0.15) is 19.3 Å². The molecule has 2 aliphatic heterocycles. The van der Waals surface area contributed by atoms with Crippen molar-refractivity contribution in [2.75, 3.05) is 33.9 Å². The summed E-state index contributed by atoms with van der Waals surface area (Å²) in [7, 11) is 3.05. The minimum atomic E-state index is -0.475. The first-order valence-corrected chi connectivity index (χ1v) is 6.31. The molecule has 0 bridgehead atoms. The van der Waals surface area contributed by atoms with Crippen LogP contribution in [0.5, 0.6) is 0 Å². The molecule has 2 rings (SSSR count). The third kappa shape index (κ3) is 2.49. The van der Waals surface area contributed by atoms with Crippen LogP contribution in [-0.2, 0) is 19.1 Å². The molecule has 2 fully saturated rings. The highest BCUT2D eigenvalue weighted by molar-refractivity contribution is 5.95. The van der Waals surface area contributed by atoms with Gasteiger partial charge < -0.3 is 19.3 Å². The van der Waals surface area contributed by atoms with Gasteiger partial charge in [0.05, 0.1) is 6.54 Å². The normalized spacial score (nSPS) is 24.7. The summed E-state index contributed by atoms with van der Waals surface area (Å²) >= 11 is 0. The Bertz CT molecular complexity index is 330. The molecular weight excluding hydrogens is 236 g/mol. The maximum absolute atomic E-state index is 12.3. The Labute approximate surface area is 107 Å². The zero-order valence-electron chi connectivity index (χ0n) is 10.9. The number of ether oxygens (including phenoxy) is 2. The first kappa shape index (κ1) is 13.3. The average Bonchev–Trinajstić information content (AvgIpc) is 2.41. The molecule has 0 radical (unpaired) electrons. The minimum absolute atomic E-state index is 0.0217. The second-order valence-corrected chi connectivity index (χ2v) is 4.72. The van der Waals surface area contributed by atoms with Crippen LogP contribution >= 0.6 is 0 Å². The highest BCUT2D eigenvalue weighted by Gasteiger charge is 2.40. The van der Waals surface area contributed by atoms with Gasteiger partial charge in [-0.3, -0.25) is 9.59 Å². The second-order valence-electron chi connectivity index (χ2n) is 4.72. The van der Waals surface area contributed by atoms with E-state index in [9.17, 15) is 9.59 Å². The van der Waals surface area contributed by atoms with Gasteiger partial charge in [-0.25, -0.2) is 0 Å². The molecule has 2 saturated heterocycles. The van der Waals surface area contributed by atoms with Crippen molar-refractivity contribution >= 4 is 11.8 Å². The lowest BCUT2D eigenvalue weighted by atomic mass is 9.98. The Morgan fingerprint density at radius 1 is 1.28 bits per heavy atom. The highest BCUT2D eigenvalue weighted by Crippen LogP contribution is 2.23. The maximum atomic E-state index is 12.3. The number of carbonyl (C=O) groups is 2. The van der Waals surface area contributed by atoms with Crippen molar-refractivity contribution in [2.24, 2.45) is 0 Å². The molecule has 6 heteroatoms. The summed E-state index contributed by atoms with van der Waals surface area (Å²) in [5.74, 6) is 0.0543. The third-order valence-corrected chi connectivity index (χ3v) is 3.64. The van der Waals surface area contributed by atoms with Gasteiger partial charge in [-0.05, 0) is 19.3 Å². The molecule has 6 nitrogen and oxygen atoms in total. The molecule has 18 heavy (non-hydrogen) atoms. The molecule has 1 atom stereocenters. The monoisotopic (exact) mass is 256 g/mol. The Morgan fingerprint density at radius 2 is 2.00 bits per heavy atom. The van der Waals surface area contributed by atoms with E-state index in [2.05, 4.69) is 0 Å². The Kier molecular flexibility index (Phi) is 4.19. The van der Waals surface area contributed by atoms with Crippen LogP contribution < -0.4 is 0 Å². The quantitative estimate of drug-likeness (QED) is 0.655. The van der Waals surface area contributed by atoms with Gasteiger partial charge in [0.2, 0.25) is 11.8 Å². The number of hydrogen-bond acceptors (Lipinski definition) is 4. The molecule has 0 aromatic heterocycles. The van der Waals surface area contributed by atoms with E-state index in [4.69, 9.17) is 9.47 Å².